The fraction of sp³-hybridized carbons (Fsp3) is 0.500. The molecule has 7 heteroatoms. The number of hydrogen-bond donors (Lipinski definition) is 3. The number of methoxy groups -OCH3 is 1. The third-order valence-electron chi connectivity index (χ3n) is 5.28. The quantitative estimate of drug-likeness (QED) is 0.690. The number of ether oxygens (including phenoxy) is 1. The number of rotatable bonds is 7. The molecule has 2 heterocycles. The molecule has 1 aliphatic heterocycles. The average molecular weight is 371 g/mol. The summed E-state index contributed by atoms with van der Waals surface area (Å²) >= 11 is 0. The maximum absolute atomic E-state index is 12.8. The number of benzene rings is 1. The smallest absolute Gasteiger partial charge is 0.226 e. The predicted octanol–water partition coefficient (Wildman–Crippen LogP) is 1.65. The zero-order valence-electron chi connectivity index (χ0n) is 16.5. The molecule has 1 aliphatic rings. The summed E-state index contributed by atoms with van der Waals surface area (Å²) in [6, 6.07) is 7.75. The van der Waals surface area contributed by atoms with Crippen LogP contribution in [0.5, 0.6) is 5.75 Å². The number of hydrogen-bond acceptors (Lipinski definition) is 5. The summed E-state index contributed by atoms with van der Waals surface area (Å²) < 4.78 is 7.31. The van der Waals surface area contributed by atoms with E-state index in [0.717, 1.165) is 30.0 Å². The van der Waals surface area contributed by atoms with Gasteiger partial charge < -0.3 is 10.1 Å². The molecule has 0 aliphatic carbocycles. The van der Waals surface area contributed by atoms with Gasteiger partial charge in [0.05, 0.1) is 24.8 Å². The second-order valence-corrected chi connectivity index (χ2v) is 6.89. The Kier molecular flexibility index (Phi) is 6.13. The first-order chi connectivity index (χ1) is 13.0. The molecule has 0 bridgehead atoms. The molecule has 1 amide bonds. The molecule has 27 heavy (non-hydrogen) atoms. The Balaban J connectivity index is 1.61. The van der Waals surface area contributed by atoms with Gasteiger partial charge in [-0.1, -0.05) is 12.1 Å². The number of aryl methyl sites for hydroxylation is 2. The van der Waals surface area contributed by atoms with Crippen LogP contribution in [0, 0.1) is 19.8 Å². The van der Waals surface area contributed by atoms with Crippen molar-refractivity contribution in [3.63, 3.8) is 0 Å². The van der Waals surface area contributed by atoms with Gasteiger partial charge in [-0.05, 0) is 50.5 Å². The molecule has 2 unspecified atom stereocenters. The molecule has 0 radical (unpaired) electrons. The van der Waals surface area contributed by atoms with E-state index in [1.54, 1.807) is 7.11 Å². The number of carbonyl (C=O) groups excluding carboxylic acids is 1. The maximum Gasteiger partial charge on any atom is 0.226 e. The average Bonchev–Trinajstić information content (AvgIpc) is 3.28. The minimum atomic E-state index is -0.169. The van der Waals surface area contributed by atoms with Gasteiger partial charge in [-0.3, -0.25) is 14.9 Å². The standard InChI is InChI=1S/C20H29N5O2/c1-5-25-14(3)17(13(2)24-25)9-10-21-20(26)18-12-22-23-19(18)15-7-6-8-16(11-15)27-4/h6-8,11,18-19,22-23H,5,9-10,12H2,1-4H3,(H,21,26). The summed E-state index contributed by atoms with van der Waals surface area (Å²) in [5, 5.41) is 7.64. The Labute approximate surface area is 160 Å². The topological polar surface area (TPSA) is 80.2 Å². The molecular weight excluding hydrogens is 342 g/mol. The van der Waals surface area contributed by atoms with Crippen molar-refractivity contribution < 1.29 is 9.53 Å². The zero-order chi connectivity index (χ0) is 19.4. The number of amides is 1. The Morgan fingerprint density at radius 1 is 1.41 bits per heavy atom. The summed E-state index contributed by atoms with van der Waals surface area (Å²) in [7, 11) is 1.65. The van der Waals surface area contributed by atoms with Crippen LogP contribution in [0.15, 0.2) is 24.3 Å². The minimum Gasteiger partial charge on any atom is -0.497 e. The van der Waals surface area contributed by atoms with E-state index in [9.17, 15) is 4.79 Å². The lowest BCUT2D eigenvalue weighted by Crippen LogP contribution is -2.36. The summed E-state index contributed by atoms with van der Waals surface area (Å²) in [5.41, 5.74) is 10.8. The SMILES string of the molecule is CCn1nc(C)c(CCNC(=O)C2CNNC2c2cccc(OC)c2)c1C. The second kappa shape index (κ2) is 8.54. The number of hydrazine groups is 1. The van der Waals surface area contributed by atoms with Crippen LogP contribution in [0.1, 0.15) is 35.5 Å². The molecule has 1 saturated heterocycles. The number of aromatic nitrogens is 2. The fourth-order valence-corrected chi connectivity index (χ4v) is 3.74. The van der Waals surface area contributed by atoms with E-state index in [-0.39, 0.29) is 17.9 Å². The number of carbonyl (C=O) groups is 1. The van der Waals surface area contributed by atoms with Gasteiger partial charge in [0.2, 0.25) is 5.91 Å². The normalized spacial score (nSPS) is 19.3. The lowest BCUT2D eigenvalue weighted by molar-refractivity contribution is -0.124. The first kappa shape index (κ1) is 19.4. The monoisotopic (exact) mass is 371 g/mol. The van der Waals surface area contributed by atoms with Crippen molar-refractivity contribution in [2.24, 2.45) is 5.92 Å². The Morgan fingerprint density at radius 3 is 2.93 bits per heavy atom. The van der Waals surface area contributed by atoms with Crippen LogP contribution in [0.4, 0.5) is 0 Å². The van der Waals surface area contributed by atoms with E-state index in [1.807, 2.05) is 35.9 Å². The van der Waals surface area contributed by atoms with Crippen LogP contribution >= 0.6 is 0 Å². The van der Waals surface area contributed by atoms with Crippen molar-refractivity contribution in [1.29, 1.82) is 0 Å². The van der Waals surface area contributed by atoms with E-state index in [1.165, 1.54) is 11.3 Å². The van der Waals surface area contributed by atoms with E-state index in [2.05, 4.69) is 35.1 Å². The molecule has 7 nitrogen and oxygen atoms in total. The van der Waals surface area contributed by atoms with E-state index >= 15 is 0 Å². The minimum absolute atomic E-state index is 0.0542. The summed E-state index contributed by atoms with van der Waals surface area (Å²) in [5.74, 6) is 0.676. The van der Waals surface area contributed by atoms with Crippen molar-refractivity contribution in [3.05, 3.63) is 46.8 Å². The van der Waals surface area contributed by atoms with Gasteiger partial charge in [-0.2, -0.15) is 5.10 Å². The molecule has 3 rings (SSSR count). The van der Waals surface area contributed by atoms with E-state index < -0.39 is 0 Å². The predicted molar refractivity (Wildman–Crippen MR) is 104 cm³/mol. The lowest BCUT2D eigenvalue weighted by atomic mass is 9.94. The first-order valence-electron chi connectivity index (χ1n) is 9.48. The summed E-state index contributed by atoms with van der Waals surface area (Å²) in [4.78, 5) is 12.8. The van der Waals surface area contributed by atoms with Crippen LogP contribution in [-0.4, -0.2) is 35.9 Å². The molecule has 2 atom stereocenters. The van der Waals surface area contributed by atoms with E-state index in [0.29, 0.717) is 13.1 Å². The highest BCUT2D eigenvalue weighted by Crippen LogP contribution is 2.27. The van der Waals surface area contributed by atoms with Crippen LogP contribution < -0.4 is 20.9 Å². The zero-order valence-corrected chi connectivity index (χ0v) is 16.5. The Bertz CT molecular complexity index is 802. The number of nitrogens with one attached hydrogen (secondary N) is 3. The second-order valence-electron chi connectivity index (χ2n) is 6.89. The fourth-order valence-electron chi connectivity index (χ4n) is 3.74. The molecule has 146 valence electrons. The van der Waals surface area contributed by atoms with Gasteiger partial charge in [0.15, 0.2) is 0 Å². The van der Waals surface area contributed by atoms with Crippen LogP contribution in [-0.2, 0) is 17.8 Å². The van der Waals surface area contributed by atoms with E-state index in [4.69, 9.17) is 4.74 Å². The Morgan fingerprint density at radius 2 is 2.22 bits per heavy atom. The first-order valence-corrected chi connectivity index (χ1v) is 9.48. The lowest BCUT2D eigenvalue weighted by Gasteiger charge is -2.19. The highest BCUT2D eigenvalue weighted by molar-refractivity contribution is 5.80. The summed E-state index contributed by atoms with van der Waals surface area (Å²) in [6.07, 6.45) is 0.792. The molecule has 0 saturated carbocycles. The molecule has 0 spiro atoms. The van der Waals surface area contributed by atoms with Gasteiger partial charge in [-0.15, -0.1) is 0 Å². The van der Waals surface area contributed by atoms with Crippen molar-refractivity contribution in [2.75, 3.05) is 20.2 Å². The maximum atomic E-state index is 12.8. The van der Waals surface area contributed by atoms with Crippen molar-refractivity contribution in [3.8, 4) is 5.75 Å². The molecular formula is C20H29N5O2. The van der Waals surface area contributed by atoms with Crippen molar-refractivity contribution >= 4 is 5.91 Å². The highest BCUT2D eigenvalue weighted by Gasteiger charge is 2.34. The highest BCUT2D eigenvalue weighted by atomic mass is 16.5. The number of nitrogens with zero attached hydrogens (tertiary/aromatic N) is 2. The van der Waals surface area contributed by atoms with Crippen molar-refractivity contribution in [1.82, 2.24) is 25.9 Å². The third-order valence-corrected chi connectivity index (χ3v) is 5.28. The Hall–Kier alpha value is -2.38. The third kappa shape index (κ3) is 4.14. The van der Waals surface area contributed by atoms with Crippen LogP contribution in [0.3, 0.4) is 0 Å². The molecule has 3 N–H and O–H groups in total. The van der Waals surface area contributed by atoms with Gasteiger partial charge in [-0.25, -0.2) is 5.43 Å². The van der Waals surface area contributed by atoms with Gasteiger partial charge in [0.25, 0.3) is 0 Å². The molecule has 1 aromatic carbocycles. The van der Waals surface area contributed by atoms with Crippen LogP contribution in [0.25, 0.3) is 0 Å². The molecule has 2 aromatic rings. The molecule has 1 fully saturated rings. The van der Waals surface area contributed by atoms with Crippen molar-refractivity contribution in [2.45, 2.75) is 39.8 Å². The van der Waals surface area contributed by atoms with Gasteiger partial charge >= 0.3 is 0 Å². The van der Waals surface area contributed by atoms with Gasteiger partial charge in [0, 0.05) is 25.3 Å². The van der Waals surface area contributed by atoms with Crippen LogP contribution in [0.2, 0.25) is 0 Å². The molecule has 1 aromatic heterocycles. The largest absolute Gasteiger partial charge is 0.497 e. The summed E-state index contributed by atoms with van der Waals surface area (Å²) in [6.45, 7) is 8.27. The van der Waals surface area contributed by atoms with Gasteiger partial charge in [0.1, 0.15) is 5.75 Å².